The Balaban J connectivity index is 1.32. The highest BCUT2D eigenvalue weighted by atomic mass is 16.2. The Morgan fingerprint density at radius 3 is 2.88 bits per heavy atom. The second kappa shape index (κ2) is 7.34. The number of carbonyl (C=O) groups excluding carboxylic acids is 1. The fraction of sp³-hybridized carbons (Fsp3) is 0.842. The maximum absolute atomic E-state index is 12.8. The molecule has 25 heavy (non-hydrogen) atoms. The number of nitrogens with zero attached hydrogens (tertiary/aromatic N) is 4. The third-order valence-corrected chi connectivity index (χ3v) is 6.17. The average Bonchev–Trinajstić information content (AvgIpc) is 3.23. The summed E-state index contributed by atoms with van der Waals surface area (Å²) in [5, 5.41) is 11.9. The first-order chi connectivity index (χ1) is 12.2. The molecule has 0 radical (unpaired) electrons. The summed E-state index contributed by atoms with van der Waals surface area (Å²) < 4.78 is 1.94. The van der Waals surface area contributed by atoms with E-state index in [1.54, 1.807) is 0 Å². The van der Waals surface area contributed by atoms with Gasteiger partial charge < -0.3 is 10.2 Å². The summed E-state index contributed by atoms with van der Waals surface area (Å²) in [5.74, 6) is 1.43. The summed E-state index contributed by atoms with van der Waals surface area (Å²) in [5.41, 5.74) is 1.13. The van der Waals surface area contributed by atoms with Crippen LogP contribution in [-0.2, 0) is 6.54 Å². The highest BCUT2D eigenvalue weighted by Crippen LogP contribution is 2.38. The number of amides is 2. The molecule has 2 amide bonds. The lowest BCUT2D eigenvalue weighted by Crippen LogP contribution is -2.47. The van der Waals surface area contributed by atoms with E-state index in [1.807, 2.05) is 9.58 Å². The Labute approximate surface area is 150 Å². The van der Waals surface area contributed by atoms with E-state index >= 15 is 0 Å². The fourth-order valence-electron chi connectivity index (χ4n) is 4.37. The Hall–Kier alpha value is -1.59. The molecular formula is C19H31N5O. The van der Waals surface area contributed by atoms with Crippen LogP contribution in [-0.4, -0.2) is 44.6 Å². The number of carbonyl (C=O) groups is 1. The predicted molar refractivity (Wildman–Crippen MR) is 96.3 cm³/mol. The van der Waals surface area contributed by atoms with Gasteiger partial charge in [-0.05, 0) is 50.9 Å². The molecule has 6 nitrogen and oxygen atoms in total. The van der Waals surface area contributed by atoms with Gasteiger partial charge in [-0.1, -0.05) is 25.0 Å². The van der Waals surface area contributed by atoms with Crippen LogP contribution in [0.5, 0.6) is 0 Å². The van der Waals surface area contributed by atoms with Gasteiger partial charge in [-0.15, -0.1) is 5.10 Å². The van der Waals surface area contributed by atoms with Crippen LogP contribution in [0.2, 0.25) is 0 Å². The van der Waals surface area contributed by atoms with Crippen LogP contribution in [0, 0.1) is 5.92 Å². The van der Waals surface area contributed by atoms with Gasteiger partial charge in [0.05, 0.1) is 18.3 Å². The second-order valence-electron chi connectivity index (χ2n) is 8.39. The zero-order chi connectivity index (χ0) is 17.2. The van der Waals surface area contributed by atoms with Crippen molar-refractivity contribution in [2.75, 3.05) is 6.54 Å². The molecule has 2 saturated carbocycles. The van der Waals surface area contributed by atoms with Crippen molar-refractivity contribution < 1.29 is 4.79 Å². The van der Waals surface area contributed by atoms with E-state index in [0.29, 0.717) is 12.0 Å². The van der Waals surface area contributed by atoms with Crippen LogP contribution < -0.4 is 5.32 Å². The Kier molecular flexibility index (Phi) is 4.95. The van der Waals surface area contributed by atoms with E-state index in [9.17, 15) is 4.79 Å². The largest absolute Gasteiger partial charge is 0.335 e. The zero-order valence-corrected chi connectivity index (χ0v) is 15.4. The van der Waals surface area contributed by atoms with Gasteiger partial charge in [0, 0.05) is 24.7 Å². The SMILES string of the molecule is CC1CCCC(NC(=O)N2CCC[C@H]2Cn2cc(C3CC3)nn2)CC1. The monoisotopic (exact) mass is 345 g/mol. The summed E-state index contributed by atoms with van der Waals surface area (Å²) in [6, 6.07) is 0.731. The molecule has 0 bridgehead atoms. The minimum absolute atomic E-state index is 0.129. The van der Waals surface area contributed by atoms with Crippen molar-refractivity contribution in [3.05, 3.63) is 11.9 Å². The average molecular weight is 345 g/mol. The number of rotatable bonds is 4. The fourth-order valence-corrected chi connectivity index (χ4v) is 4.37. The maximum atomic E-state index is 12.8. The molecule has 1 aliphatic heterocycles. The molecular weight excluding hydrogens is 314 g/mol. The van der Waals surface area contributed by atoms with Gasteiger partial charge >= 0.3 is 6.03 Å². The van der Waals surface area contributed by atoms with Gasteiger partial charge in [0.1, 0.15) is 0 Å². The lowest BCUT2D eigenvalue weighted by Gasteiger charge is -2.27. The van der Waals surface area contributed by atoms with Crippen LogP contribution in [0.4, 0.5) is 4.79 Å². The first-order valence-corrected chi connectivity index (χ1v) is 10.2. The predicted octanol–water partition coefficient (Wildman–Crippen LogP) is 3.30. The molecule has 2 heterocycles. The van der Waals surface area contributed by atoms with E-state index in [2.05, 4.69) is 28.7 Å². The van der Waals surface area contributed by atoms with E-state index < -0.39 is 0 Å². The van der Waals surface area contributed by atoms with Crippen LogP contribution in [0.15, 0.2) is 6.20 Å². The number of hydrogen-bond donors (Lipinski definition) is 1. The molecule has 1 saturated heterocycles. The molecule has 3 atom stereocenters. The first-order valence-electron chi connectivity index (χ1n) is 10.2. The molecule has 3 aliphatic rings. The zero-order valence-electron chi connectivity index (χ0n) is 15.4. The second-order valence-corrected chi connectivity index (χ2v) is 8.39. The van der Waals surface area contributed by atoms with Crippen LogP contribution in [0.3, 0.4) is 0 Å². The molecule has 4 rings (SSSR count). The van der Waals surface area contributed by atoms with Crippen molar-refractivity contribution in [3.8, 4) is 0 Å². The molecule has 2 unspecified atom stereocenters. The van der Waals surface area contributed by atoms with Crippen molar-refractivity contribution in [2.45, 2.75) is 89.3 Å². The minimum atomic E-state index is 0.129. The summed E-state index contributed by atoms with van der Waals surface area (Å²) in [6.45, 7) is 3.97. The number of likely N-dealkylation sites (tertiary alicyclic amines) is 1. The summed E-state index contributed by atoms with van der Waals surface area (Å²) >= 11 is 0. The number of nitrogens with one attached hydrogen (secondary N) is 1. The van der Waals surface area contributed by atoms with Crippen LogP contribution in [0.25, 0.3) is 0 Å². The smallest absolute Gasteiger partial charge is 0.317 e. The molecule has 1 aromatic heterocycles. The Bertz CT molecular complexity index is 596. The maximum Gasteiger partial charge on any atom is 0.317 e. The Morgan fingerprint density at radius 2 is 2.04 bits per heavy atom. The van der Waals surface area contributed by atoms with Crippen molar-refractivity contribution >= 4 is 6.03 Å². The molecule has 138 valence electrons. The van der Waals surface area contributed by atoms with Gasteiger partial charge in [-0.2, -0.15) is 0 Å². The van der Waals surface area contributed by atoms with E-state index in [1.165, 1.54) is 32.1 Å². The third-order valence-electron chi connectivity index (χ3n) is 6.17. The van der Waals surface area contributed by atoms with Crippen molar-refractivity contribution in [1.29, 1.82) is 0 Å². The standard InChI is InChI=1S/C19H31N5O/c1-14-4-2-5-16(10-7-14)20-19(25)24-11-3-6-17(24)12-23-13-18(21-22-23)15-8-9-15/h13-17H,2-12H2,1H3,(H,20,25)/t14?,16?,17-/m0/s1. The van der Waals surface area contributed by atoms with Crippen LogP contribution in [0.1, 0.15) is 76.3 Å². The van der Waals surface area contributed by atoms with Gasteiger partial charge in [-0.3, -0.25) is 4.68 Å². The number of aromatic nitrogens is 3. The van der Waals surface area contributed by atoms with Gasteiger partial charge in [-0.25, -0.2) is 4.79 Å². The molecule has 1 aromatic rings. The molecule has 3 fully saturated rings. The lowest BCUT2D eigenvalue weighted by molar-refractivity contribution is 0.180. The highest BCUT2D eigenvalue weighted by Gasteiger charge is 2.32. The summed E-state index contributed by atoms with van der Waals surface area (Å²) in [6.07, 6.45) is 12.7. The molecule has 6 heteroatoms. The normalized spacial score (nSPS) is 30.3. The van der Waals surface area contributed by atoms with Gasteiger partial charge in [0.25, 0.3) is 0 Å². The molecule has 2 aliphatic carbocycles. The number of hydrogen-bond acceptors (Lipinski definition) is 3. The minimum Gasteiger partial charge on any atom is -0.335 e. The quantitative estimate of drug-likeness (QED) is 0.852. The Morgan fingerprint density at radius 1 is 1.16 bits per heavy atom. The van der Waals surface area contributed by atoms with Crippen molar-refractivity contribution in [3.63, 3.8) is 0 Å². The van der Waals surface area contributed by atoms with E-state index in [0.717, 1.165) is 50.4 Å². The lowest BCUT2D eigenvalue weighted by atomic mass is 10.0. The molecule has 0 aromatic carbocycles. The molecule has 1 N–H and O–H groups in total. The van der Waals surface area contributed by atoms with E-state index in [-0.39, 0.29) is 12.1 Å². The van der Waals surface area contributed by atoms with E-state index in [4.69, 9.17) is 0 Å². The van der Waals surface area contributed by atoms with Crippen LogP contribution >= 0.6 is 0 Å². The van der Waals surface area contributed by atoms with Gasteiger partial charge in [0.15, 0.2) is 0 Å². The van der Waals surface area contributed by atoms with Crippen molar-refractivity contribution in [1.82, 2.24) is 25.2 Å². The highest BCUT2D eigenvalue weighted by molar-refractivity contribution is 5.75. The summed E-state index contributed by atoms with van der Waals surface area (Å²) in [7, 11) is 0. The summed E-state index contributed by atoms with van der Waals surface area (Å²) in [4.78, 5) is 14.8. The van der Waals surface area contributed by atoms with Gasteiger partial charge in [0.2, 0.25) is 0 Å². The number of urea groups is 1. The third kappa shape index (κ3) is 4.15. The van der Waals surface area contributed by atoms with Crippen molar-refractivity contribution in [2.24, 2.45) is 5.92 Å². The topological polar surface area (TPSA) is 63.1 Å². The molecule has 0 spiro atoms. The first kappa shape index (κ1) is 16.9.